The van der Waals surface area contributed by atoms with Crippen molar-refractivity contribution in [1.29, 1.82) is 0 Å². The van der Waals surface area contributed by atoms with Crippen LogP contribution >= 0.6 is 0 Å². The molecule has 2 aromatic carbocycles. The topological polar surface area (TPSA) is 107 Å². The minimum atomic E-state index is -4.02. The highest BCUT2D eigenvalue weighted by Gasteiger charge is 2.26. The van der Waals surface area contributed by atoms with Gasteiger partial charge in [0.1, 0.15) is 17.7 Å². The standard InChI is InChI=1S/C17H15FN4O4S/c1-21-11-10-19-17(21)16(12-2-4-13(18)5-3-12)20-27(25,26)15-8-6-14(7-9-15)22(23)24/h2-11,16,20H,1H3. The van der Waals surface area contributed by atoms with Gasteiger partial charge in [0.2, 0.25) is 10.0 Å². The molecule has 140 valence electrons. The zero-order valence-electron chi connectivity index (χ0n) is 14.1. The Kier molecular flexibility index (Phi) is 5.02. The molecule has 8 nitrogen and oxygen atoms in total. The summed E-state index contributed by atoms with van der Waals surface area (Å²) in [6.45, 7) is 0. The summed E-state index contributed by atoms with van der Waals surface area (Å²) in [5.41, 5.74) is 0.282. The van der Waals surface area contributed by atoms with Crippen molar-refractivity contribution in [2.45, 2.75) is 10.9 Å². The monoisotopic (exact) mass is 390 g/mol. The smallest absolute Gasteiger partial charge is 0.269 e. The molecule has 27 heavy (non-hydrogen) atoms. The molecule has 1 N–H and O–H groups in total. The predicted octanol–water partition coefficient (Wildman–Crippen LogP) is 2.54. The Balaban J connectivity index is 1.99. The van der Waals surface area contributed by atoms with E-state index < -0.39 is 26.8 Å². The van der Waals surface area contributed by atoms with Crippen molar-refractivity contribution in [2.24, 2.45) is 7.05 Å². The molecule has 0 saturated heterocycles. The number of nitrogens with zero attached hydrogens (tertiary/aromatic N) is 3. The highest BCUT2D eigenvalue weighted by Crippen LogP contribution is 2.24. The van der Waals surface area contributed by atoms with Crippen LogP contribution in [-0.4, -0.2) is 22.9 Å². The van der Waals surface area contributed by atoms with Gasteiger partial charge in [-0.3, -0.25) is 10.1 Å². The molecule has 10 heteroatoms. The minimum Gasteiger partial charge on any atom is -0.336 e. The summed E-state index contributed by atoms with van der Waals surface area (Å²) in [6.07, 6.45) is 3.18. The molecule has 0 saturated carbocycles. The van der Waals surface area contributed by atoms with Crippen molar-refractivity contribution in [3.05, 3.63) is 88.2 Å². The number of aryl methyl sites for hydroxylation is 1. The lowest BCUT2D eigenvalue weighted by atomic mass is 10.1. The number of aromatic nitrogens is 2. The number of non-ortho nitro benzene ring substituents is 1. The molecule has 0 aliphatic carbocycles. The van der Waals surface area contributed by atoms with Crippen molar-refractivity contribution >= 4 is 15.7 Å². The average molecular weight is 390 g/mol. The fraction of sp³-hybridized carbons (Fsp3) is 0.118. The number of nitro groups is 1. The Morgan fingerprint density at radius 2 is 1.78 bits per heavy atom. The third-order valence-corrected chi connectivity index (χ3v) is 5.39. The Bertz CT molecular complexity index is 1060. The lowest BCUT2D eigenvalue weighted by Crippen LogP contribution is -2.31. The van der Waals surface area contributed by atoms with Crippen LogP contribution in [0.2, 0.25) is 0 Å². The number of nitro benzene ring substituents is 1. The maximum absolute atomic E-state index is 13.3. The van der Waals surface area contributed by atoms with Gasteiger partial charge in [-0.2, -0.15) is 4.72 Å². The molecule has 1 aromatic heterocycles. The lowest BCUT2D eigenvalue weighted by molar-refractivity contribution is -0.384. The quantitative estimate of drug-likeness (QED) is 0.514. The zero-order valence-corrected chi connectivity index (χ0v) is 14.9. The Morgan fingerprint density at radius 3 is 2.30 bits per heavy atom. The first kappa shape index (κ1) is 18.7. The first-order valence-electron chi connectivity index (χ1n) is 7.77. The van der Waals surface area contributed by atoms with E-state index in [4.69, 9.17) is 0 Å². The second-order valence-electron chi connectivity index (χ2n) is 5.75. The summed E-state index contributed by atoms with van der Waals surface area (Å²) in [5, 5.41) is 10.7. The molecular formula is C17H15FN4O4S. The molecule has 1 unspecified atom stereocenters. The van der Waals surface area contributed by atoms with Crippen LogP contribution < -0.4 is 4.72 Å². The van der Waals surface area contributed by atoms with Crippen LogP contribution in [-0.2, 0) is 17.1 Å². The Labute approximate surface area is 154 Å². The highest BCUT2D eigenvalue weighted by atomic mass is 32.2. The van der Waals surface area contributed by atoms with Gasteiger partial charge in [0.15, 0.2) is 0 Å². The fourth-order valence-electron chi connectivity index (χ4n) is 2.55. The van der Waals surface area contributed by atoms with Gasteiger partial charge in [0.05, 0.1) is 9.82 Å². The minimum absolute atomic E-state index is 0.130. The predicted molar refractivity (Wildman–Crippen MR) is 94.9 cm³/mol. The number of nitrogens with one attached hydrogen (secondary N) is 1. The first-order valence-corrected chi connectivity index (χ1v) is 9.26. The van der Waals surface area contributed by atoms with Gasteiger partial charge < -0.3 is 4.57 Å². The molecule has 0 amide bonds. The maximum Gasteiger partial charge on any atom is 0.269 e. The molecular weight excluding hydrogens is 375 g/mol. The van der Waals surface area contributed by atoms with E-state index in [0.717, 1.165) is 24.3 Å². The molecule has 3 rings (SSSR count). The third kappa shape index (κ3) is 4.01. The molecule has 3 aromatic rings. The zero-order chi connectivity index (χ0) is 19.6. The average Bonchev–Trinajstić information content (AvgIpc) is 3.06. The summed E-state index contributed by atoms with van der Waals surface area (Å²) >= 11 is 0. The third-order valence-electron chi connectivity index (χ3n) is 3.95. The summed E-state index contributed by atoms with van der Waals surface area (Å²) in [4.78, 5) is 14.2. The number of imidazole rings is 1. The van der Waals surface area contributed by atoms with Crippen LogP contribution in [0.5, 0.6) is 0 Å². The van der Waals surface area contributed by atoms with E-state index in [1.807, 2.05) is 0 Å². The Morgan fingerprint density at radius 1 is 1.15 bits per heavy atom. The van der Waals surface area contributed by atoms with E-state index in [1.54, 1.807) is 17.8 Å². The van der Waals surface area contributed by atoms with Crippen LogP contribution in [0.25, 0.3) is 0 Å². The van der Waals surface area contributed by atoms with Gasteiger partial charge in [-0.15, -0.1) is 0 Å². The fourth-order valence-corrected chi connectivity index (χ4v) is 3.73. The molecule has 0 bridgehead atoms. The van der Waals surface area contributed by atoms with E-state index in [0.29, 0.717) is 11.4 Å². The van der Waals surface area contributed by atoms with Crippen LogP contribution in [0.15, 0.2) is 65.8 Å². The van der Waals surface area contributed by atoms with Gasteiger partial charge in [-0.05, 0) is 29.8 Å². The lowest BCUT2D eigenvalue weighted by Gasteiger charge is -2.19. The molecule has 1 heterocycles. The number of rotatable bonds is 6. The summed E-state index contributed by atoms with van der Waals surface area (Å²) in [5.74, 6) is -0.0392. The molecule has 0 aliphatic heterocycles. The van der Waals surface area contributed by atoms with E-state index in [-0.39, 0.29) is 10.6 Å². The number of hydrogen-bond acceptors (Lipinski definition) is 5. The molecule has 0 spiro atoms. The maximum atomic E-state index is 13.3. The van der Waals surface area contributed by atoms with E-state index >= 15 is 0 Å². The van der Waals surface area contributed by atoms with Crippen LogP contribution in [0.3, 0.4) is 0 Å². The largest absolute Gasteiger partial charge is 0.336 e. The van der Waals surface area contributed by atoms with E-state index in [2.05, 4.69) is 9.71 Å². The van der Waals surface area contributed by atoms with Gasteiger partial charge in [-0.1, -0.05) is 12.1 Å². The summed E-state index contributed by atoms with van der Waals surface area (Å²) < 4.78 is 43.0. The molecule has 0 aliphatic rings. The van der Waals surface area contributed by atoms with E-state index in [9.17, 15) is 22.9 Å². The van der Waals surface area contributed by atoms with Gasteiger partial charge in [-0.25, -0.2) is 17.8 Å². The van der Waals surface area contributed by atoms with Crippen molar-refractivity contribution in [1.82, 2.24) is 14.3 Å². The molecule has 0 fully saturated rings. The molecule has 1 atom stereocenters. The van der Waals surface area contributed by atoms with Crippen molar-refractivity contribution in [3.63, 3.8) is 0 Å². The summed E-state index contributed by atoms with van der Waals surface area (Å²) in [7, 11) is -2.32. The highest BCUT2D eigenvalue weighted by molar-refractivity contribution is 7.89. The molecule has 0 radical (unpaired) electrons. The van der Waals surface area contributed by atoms with E-state index in [1.165, 1.54) is 30.5 Å². The van der Waals surface area contributed by atoms with Crippen LogP contribution in [0, 0.1) is 15.9 Å². The van der Waals surface area contributed by atoms with Crippen LogP contribution in [0.1, 0.15) is 17.4 Å². The van der Waals surface area contributed by atoms with Crippen molar-refractivity contribution in [3.8, 4) is 0 Å². The van der Waals surface area contributed by atoms with Crippen LogP contribution in [0.4, 0.5) is 10.1 Å². The number of halogens is 1. The SMILES string of the molecule is Cn1ccnc1C(NS(=O)(=O)c1ccc([N+](=O)[O-])cc1)c1ccc(F)cc1. The van der Waals surface area contributed by atoms with Crippen molar-refractivity contribution < 1.29 is 17.7 Å². The summed E-state index contributed by atoms with van der Waals surface area (Å²) in [6, 6.07) is 9.05. The first-order chi connectivity index (χ1) is 12.8. The van der Waals surface area contributed by atoms with Gasteiger partial charge in [0.25, 0.3) is 5.69 Å². The second kappa shape index (κ2) is 7.25. The number of hydrogen-bond donors (Lipinski definition) is 1. The Hall–Kier alpha value is -3.11. The second-order valence-corrected chi connectivity index (χ2v) is 7.47. The normalized spacial score (nSPS) is 12.7. The van der Waals surface area contributed by atoms with Gasteiger partial charge in [0, 0.05) is 31.6 Å². The number of sulfonamides is 1. The number of benzene rings is 2. The van der Waals surface area contributed by atoms with Crippen molar-refractivity contribution in [2.75, 3.05) is 0 Å². The van der Waals surface area contributed by atoms with Gasteiger partial charge >= 0.3 is 0 Å².